The van der Waals surface area contributed by atoms with Crippen LogP contribution >= 0.6 is 0 Å². The van der Waals surface area contributed by atoms with Gasteiger partial charge in [-0.05, 0) is 55.0 Å². The minimum Gasteiger partial charge on any atom is -0.438 e. The van der Waals surface area contributed by atoms with E-state index in [0.717, 1.165) is 36.1 Å². The molecule has 0 N–H and O–H groups in total. The molecule has 0 atom stereocenters. The summed E-state index contributed by atoms with van der Waals surface area (Å²) in [7, 11) is 0. The Kier molecular flexibility index (Phi) is 6.97. The molecule has 0 bridgehead atoms. The summed E-state index contributed by atoms with van der Waals surface area (Å²) in [6.45, 7) is 4.39. The third-order valence-electron chi connectivity index (χ3n) is 4.77. The van der Waals surface area contributed by atoms with Gasteiger partial charge in [0.05, 0.1) is 0 Å². The monoisotopic (exact) mass is 360 g/mol. The van der Waals surface area contributed by atoms with E-state index >= 15 is 0 Å². The van der Waals surface area contributed by atoms with E-state index in [-0.39, 0.29) is 0 Å². The van der Waals surface area contributed by atoms with E-state index in [1.165, 1.54) is 30.4 Å². The molecule has 1 aliphatic heterocycles. The summed E-state index contributed by atoms with van der Waals surface area (Å²) in [5, 5.41) is 0. The van der Waals surface area contributed by atoms with E-state index in [1.54, 1.807) is 0 Å². The molecule has 3 heteroatoms. The molecule has 0 spiro atoms. The summed E-state index contributed by atoms with van der Waals surface area (Å²) in [5.41, 5.74) is 4.71. The van der Waals surface area contributed by atoms with Crippen LogP contribution in [0.15, 0.2) is 66.1 Å². The van der Waals surface area contributed by atoms with Crippen molar-refractivity contribution in [2.24, 2.45) is 4.99 Å². The molecular formula is C24H28N2O. The van der Waals surface area contributed by atoms with Crippen molar-refractivity contribution in [3.8, 4) is 5.75 Å². The second kappa shape index (κ2) is 9.86. The van der Waals surface area contributed by atoms with Gasteiger partial charge in [-0.25, -0.2) is 4.99 Å². The summed E-state index contributed by atoms with van der Waals surface area (Å²) in [4.78, 5) is 8.87. The topological polar surface area (TPSA) is 34.5 Å². The SMILES string of the molecule is CCCCCc1ccc(OC2=NC=CCC=C2c2cnccc2CC)cc1. The molecule has 0 aliphatic carbocycles. The van der Waals surface area contributed by atoms with Crippen LogP contribution < -0.4 is 4.74 Å². The van der Waals surface area contributed by atoms with Crippen LogP contribution in [0.3, 0.4) is 0 Å². The third-order valence-corrected chi connectivity index (χ3v) is 4.77. The molecule has 0 unspecified atom stereocenters. The quantitative estimate of drug-likeness (QED) is 0.555. The number of hydrogen-bond donors (Lipinski definition) is 0. The fourth-order valence-corrected chi connectivity index (χ4v) is 3.22. The molecular weight excluding hydrogens is 332 g/mol. The highest BCUT2D eigenvalue weighted by Gasteiger charge is 2.16. The Labute approximate surface area is 162 Å². The number of pyridine rings is 1. The molecule has 3 rings (SSSR count). The predicted octanol–water partition coefficient (Wildman–Crippen LogP) is 6.16. The molecule has 140 valence electrons. The molecule has 27 heavy (non-hydrogen) atoms. The number of aliphatic imine (C=N–C) groups is 1. The maximum Gasteiger partial charge on any atom is 0.226 e. The molecule has 0 radical (unpaired) electrons. The van der Waals surface area contributed by atoms with E-state index in [4.69, 9.17) is 4.74 Å². The van der Waals surface area contributed by atoms with Crippen LogP contribution in [0.1, 0.15) is 56.2 Å². The van der Waals surface area contributed by atoms with Gasteiger partial charge in [0, 0.05) is 29.7 Å². The first kappa shape index (κ1) is 19.1. The van der Waals surface area contributed by atoms with Gasteiger partial charge in [-0.1, -0.05) is 51.0 Å². The standard InChI is InChI=1S/C24H28N2O/c1-3-5-6-9-19-11-13-21(14-12-19)27-24-22(10-7-8-16-26-24)23-18-25-17-15-20(23)4-2/h8,10-18H,3-7,9H2,1-2H3. The van der Waals surface area contributed by atoms with Gasteiger partial charge in [-0.2, -0.15) is 0 Å². The molecule has 2 heterocycles. The number of nitrogens with zero attached hydrogens (tertiary/aromatic N) is 2. The molecule has 0 amide bonds. The number of unbranched alkanes of at least 4 members (excludes halogenated alkanes) is 2. The van der Waals surface area contributed by atoms with Crippen molar-refractivity contribution in [3.63, 3.8) is 0 Å². The molecule has 1 aromatic carbocycles. The van der Waals surface area contributed by atoms with E-state index in [0.29, 0.717) is 5.90 Å². The van der Waals surface area contributed by atoms with Gasteiger partial charge >= 0.3 is 0 Å². The lowest BCUT2D eigenvalue weighted by Crippen LogP contribution is -2.12. The number of allylic oxidation sites excluding steroid dienone is 2. The maximum absolute atomic E-state index is 6.19. The van der Waals surface area contributed by atoms with Crippen LogP contribution in [0, 0.1) is 0 Å². The van der Waals surface area contributed by atoms with Crippen molar-refractivity contribution < 1.29 is 4.74 Å². The summed E-state index contributed by atoms with van der Waals surface area (Å²) >= 11 is 0. The lowest BCUT2D eigenvalue weighted by molar-refractivity contribution is 0.557. The van der Waals surface area contributed by atoms with Crippen molar-refractivity contribution in [3.05, 3.63) is 77.8 Å². The normalized spacial score (nSPS) is 13.7. The second-order valence-corrected chi connectivity index (χ2v) is 6.76. The highest BCUT2D eigenvalue weighted by Crippen LogP contribution is 2.25. The van der Waals surface area contributed by atoms with E-state index in [2.05, 4.69) is 48.1 Å². The molecule has 0 saturated heterocycles. The van der Waals surface area contributed by atoms with Gasteiger partial charge in [-0.3, -0.25) is 4.98 Å². The van der Waals surface area contributed by atoms with Crippen molar-refractivity contribution in [1.29, 1.82) is 0 Å². The van der Waals surface area contributed by atoms with Crippen molar-refractivity contribution in [1.82, 2.24) is 4.98 Å². The van der Waals surface area contributed by atoms with E-state index < -0.39 is 0 Å². The summed E-state index contributed by atoms with van der Waals surface area (Å²) < 4.78 is 6.19. The Morgan fingerprint density at radius 3 is 2.67 bits per heavy atom. The smallest absolute Gasteiger partial charge is 0.226 e. The number of hydrogen-bond acceptors (Lipinski definition) is 3. The Morgan fingerprint density at radius 2 is 1.89 bits per heavy atom. The molecule has 2 aromatic rings. The Balaban J connectivity index is 1.79. The van der Waals surface area contributed by atoms with Crippen LogP contribution in [-0.2, 0) is 12.8 Å². The zero-order valence-corrected chi connectivity index (χ0v) is 16.3. The average molecular weight is 361 g/mol. The molecule has 0 fully saturated rings. The van der Waals surface area contributed by atoms with Gasteiger partial charge in [0.1, 0.15) is 5.75 Å². The number of ether oxygens (including phenoxy) is 1. The molecule has 1 aliphatic rings. The van der Waals surface area contributed by atoms with Crippen LogP contribution in [0.2, 0.25) is 0 Å². The molecule has 1 aromatic heterocycles. The zero-order valence-electron chi connectivity index (χ0n) is 16.3. The van der Waals surface area contributed by atoms with Crippen LogP contribution in [0.25, 0.3) is 5.57 Å². The fraction of sp³-hybridized carbons (Fsp3) is 0.333. The minimum atomic E-state index is 0.630. The zero-order chi connectivity index (χ0) is 18.9. The van der Waals surface area contributed by atoms with E-state index in [1.807, 2.05) is 36.8 Å². The number of aryl methyl sites for hydroxylation is 2. The number of benzene rings is 1. The average Bonchev–Trinajstić information content (AvgIpc) is 2.95. The fourth-order valence-electron chi connectivity index (χ4n) is 3.22. The molecule has 0 saturated carbocycles. The van der Waals surface area contributed by atoms with Gasteiger partial charge < -0.3 is 4.74 Å². The largest absolute Gasteiger partial charge is 0.438 e. The molecule has 3 nitrogen and oxygen atoms in total. The third kappa shape index (κ3) is 5.16. The summed E-state index contributed by atoms with van der Waals surface area (Å²) in [5.74, 6) is 1.45. The van der Waals surface area contributed by atoms with Gasteiger partial charge in [0.25, 0.3) is 0 Å². The van der Waals surface area contributed by atoms with Gasteiger partial charge in [0.2, 0.25) is 5.90 Å². The Bertz CT molecular complexity index is 832. The Hall–Kier alpha value is -2.68. The van der Waals surface area contributed by atoms with Crippen LogP contribution in [0.5, 0.6) is 5.75 Å². The highest BCUT2D eigenvalue weighted by molar-refractivity contribution is 6.21. The van der Waals surface area contributed by atoms with Crippen LogP contribution in [-0.4, -0.2) is 10.9 Å². The number of rotatable bonds is 7. The van der Waals surface area contributed by atoms with Crippen molar-refractivity contribution >= 4 is 11.5 Å². The van der Waals surface area contributed by atoms with E-state index in [9.17, 15) is 0 Å². The lowest BCUT2D eigenvalue weighted by atomic mass is 9.99. The van der Waals surface area contributed by atoms with Crippen molar-refractivity contribution in [2.75, 3.05) is 0 Å². The minimum absolute atomic E-state index is 0.630. The predicted molar refractivity (Wildman–Crippen MR) is 113 cm³/mol. The first-order chi connectivity index (χ1) is 13.3. The lowest BCUT2D eigenvalue weighted by Gasteiger charge is -2.14. The van der Waals surface area contributed by atoms with Crippen LogP contribution in [0.4, 0.5) is 0 Å². The number of aromatic nitrogens is 1. The van der Waals surface area contributed by atoms with Gasteiger partial charge in [0.15, 0.2) is 0 Å². The maximum atomic E-state index is 6.19. The van der Waals surface area contributed by atoms with Gasteiger partial charge in [-0.15, -0.1) is 0 Å². The highest BCUT2D eigenvalue weighted by atomic mass is 16.5. The Morgan fingerprint density at radius 1 is 1.04 bits per heavy atom. The second-order valence-electron chi connectivity index (χ2n) is 6.76. The summed E-state index contributed by atoms with van der Waals surface area (Å²) in [6.07, 6.45) is 16.4. The van der Waals surface area contributed by atoms with Crippen molar-refractivity contribution in [2.45, 2.75) is 52.4 Å². The summed E-state index contributed by atoms with van der Waals surface area (Å²) in [6, 6.07) is 10.5. The first-order valence-corrected chi connectivity index (χ1v) is 9.95. The first-order valence-electron chi connectivity index (χ1n) is 9.95.